The van der Waals surface area contributed by atoms with Crippen LogP contribution in [0.25, 0.3) is 6.08 Å². The van der Waals surface area contributed by atoms with E-state index in [0.29, 0.717) is 0 Å². The molecule has 0 spiro atoms. The van der Waals surface area contributed by atoms with Gasteiger partial charge in [0.05, 0.1) is 0 Å². The molecule has 1 rings (SSSR count). The van der Waals surface area contributed by atoms with Gasteiger partial charge in [0.1, 0.15) is 5.69 Å². The van der Waals surface area contributed by atoms with E-state index in [1.165, 1.54) is 31.2 Å². The normalized spacial score (nSPS) is 11.0. The van der Waals surface area contributed by atoms with E-state index < -0.39 is 0 Å². The maximum Gasteiger partial charge on any atom is 0.135 e. The average molecular weight is 266 g/mol. The Morgan fingerprint density at radius 1 is 1.06 bits per heavy atom. The predicted molar refractivity (Wildman–Crippen MR) is 75.9 cm³/mol. The lowest BCUT2D eigenvalue weighted by Crippen LogP contribution is -3.00. The van der Waals surface area contributed by atoms with Gasteiger partial charge in [0.15, 0.2) is 0 Å². The molecule has 0 aromatic heterocycles. The highest BCUT2D eigenvalue weighted by molar-refractivity contribution is 5.59. The predicted octanol–water partition coefficient (Wildman–Crippen LogP) is 1.10. The fourth-order valence-corrected chi connectivity index (χ4v) is 1.70. The first-order valence-electron chi connectivity index (χ1n) is 6.57. The number of quaternary nitrogens is 1. The Bertz CT molecular complexity index is 369. The van der Waals surface area contributed by atoms with E-state index in [2.05, 4.69) is 49.1 Å². The number of rotatable bonds is 7. The van der Waals surface area contributed by atoms with Crippen molar-refractivity contribution in [2.24, 2.45) is 0 Å². The monoisotopic (exact) mass is 265 g/mol. The molecule has 0 aliphatic rings. The molecule has 0 saturated heterocycles. The first kappa shape index (κ1) is 16.9. The summed E-state index contributed by atoms with van der Waals surface area (Å²) >= 11 is 0. The molecule has 0 amide bonds. The van der Waals surface area contributed by atoms with Gasteiger partial charge in [-0.3, -0.25) is 0 Å². The molecule has 0 unspecified atom stereocenters. The lowest BCUT2D eigenvalue weighted by atomic mass is 10.1. The van der Waals surface area contributed by atoms with Crippen LogP contribution in [0.4, 0.5) is 5.69 Å². The molecule has 0 heterocycles. The molecule has 18 heavy (non-hydrogen) atoms. The molecule has 2 heteroatoms. The molecular weight excluding hydrogens is 242 g/mol. The van der Waals surface area contributed by atoms with Crippen molar-refractivity contribution < 1.29 is 18.1 Å². The average Bonchev–Trinajstić information content (AvgIpc) is 2.35. The number of halogens is 1. The van der Waals surface area contributed by atoms with Crippen molar-refractivity contribution in [1.82, 2.24) is 0 Å². The van der Waals surface area contributed by atoms with Crippen LogP contribution in [0.15, 0.2) is 42.5 Å². The highest BCUT2D eigenvalue weighted by Gasteiger charge is 1.93. The second-order valence-corrected chi connectivity index (χ2v) is 4.30. The smallest absolute Gasteiger partial charge is 0.135 e. The van der Waals surface area contributed by atoms with Crippen LogP contribution in [0.2, 0.25) is 0 Å². The second kappa shape index (κ2) is 11.1. The van der Waals surface area contributed by atoms with Crippen LogP contribution < -0.4 is 18.1 Å². The molecule has 1 aromatic rings. The third-order valence-electron chi connectivity index (χ3n) is 2.77. The molecule has 0 saturated carbocycles. The summed E-state index contributed by atoms with van der Waals surface area (Å²) in [5, 5.41) is 0. The standard InChI is InChI=1S/C16H23N.ClH/c1-2-3-4-5-6-7-8-9-12-15-13-10-11-14-16(15)17;/h6-7,9-14H,2-5,8,17H2,1H3;1H/b7-6+,12-9-;. The Labute approximate surface area is 117 Å². The minimum absolute atomic E-state index is 0. The van der Waals surface area contributed by atoms with E-state index in [1.807, 2.05) is 12.1 Å². The first-order chi connectivity index (χ1) is 8.34. The Morgan fingerprint density at radius 2 is 1.83 bits per heavy atom. The van der Waals surface area contributed by atoms with Gasteiger partial charge < -0.3 is 18.1 Å². The lowest BCUT2D eigenvalue weighted by molar-refractivity contribution is -0.255. The summed E-state index contributed by atoms with van der Waals surface area (Å²) in [7, 11) is 0. The van der Waals surface area contributed by atoms with Gasteiger partial charge in [0.25, 0.3) is 0 Å². The van der Waals surface area contributed by atoms with Crippen LogP contribution in [0, 0.1) is 0 Å². The van der Waals surface area contributed by atoms with E-state index in [0.717, 1.165) is 12.1 Å². The van der Waals surface area contributed by atoms with E-state index in [1.54, 1.807) is 0 Å². The zero-order chi connectivity index (χ0) is 12.3. The SMILES string of the molecule is CCCCC/C=C/C/C=C\c1ccccc1[NH3+].[Cl-]. The third-order valence-corrected chi connectivity index (χ3v) is 2.77. The van der Waals surface area contributed by atoms with Crippen LogP contribution >= 0.6 is 0 Å². The summed E-state index contributed by atoms with van der Waals surface area (Å²) in [4.78, 5) is 0. The Morgan fingerprint density at radius 3 is 2.56 bits per heavy atom. The van der Waals surface area contributed by atoms with Crippen LogP contribution in [-0.2, 0) is 0 Å². The summed E-state index contributed by atoms with van der Waals surface area (Å²) in [5.74, 6) is 0. The molecular formula is C16H24ClN. The summed E-state index contributed by atoms with van der Waals surface area (Å²) in [5.41, 5.74) is 6.31. The van der Waals surface area contributed by atoms with Crippen molar-refractivity contribution in [2.75, 3.05) is 0 Å². The van der Waals surface area contributed by atoms with E-state index >= 15 is 0 Å². The quantitative estimate of drug-likeness (QED) is 0.565. The molecule has 0 fully saturated rings. The highest BCUT2D eigenvalue weighted by atomic mass is 35.5. The van der Waals surface area contributed by atoms with Gasteiger partial charge in [-0.05, 0) is 31.4 Å². The lowest BCUT2D eigenvalue weighted by Gasteiger charge is -1.94. The van der Waals surface area contributed by atoms with Crippen molar-refractivity contribution in [1.29, 1.82) is 0 Å². The number of unbranched alkanes of at least 4 members (excludes halogenated alkanes) is 3. The van der Waals surface area contributed by atoms with Gasteiger partial charge in [-0.2, -0.15) is 0 Å². The van der Waals surface area contributed by atoms with Crippen LogP contribution in [-0.4, -0.2) is 0 Å². The molecule has 3 N–H and O–H groups in total. The summed E-state index contributed by atoms with van der Waals surface area (Å²) < 4.78 is 0. The van der Waals surface area contributed by atoms with Gasteiger partial charge in [-0.25, -0.2) is 0 Å². The second-order valence-electron chi connectivity index (χ2n) is 4.30. The molecule has 100 valence electrons. The van der Waals surface area contributed by atoms with E-state index in [4.69, 9.17) is 0 Å². The minimum atomic E-state index is 0. The molecule has 0 bridgehead atoms. The van der Waals surface area contributed by atoms with E-state index in [-0.39, 0.29) is 12.4 Å². The maximum atomic E-state index is 4.00. The number of benzene rings is 1. The molecule has 0 aliphatic heterocycles. The molecule has 0 aliphatic carbocycles. The van der Waals surface area contributed by atoms with Gasteiger partial charge in [0.2, 0.25) is 0 Å². The Balaban J connectivity index is 0.00000289. The van der Waals surface area contributed by atoms with Crippen molar-refractivity contribution >= 4 is 11.8 Å². The molecule has 0 radical (unpaired) electrons. The first-order valence-corrected chi connectivity index (χ1v) is 6.57. The summed E-state index contributed by atoms with van der Waals surface area (Å²) in [6.45, 7) is 2.24. The van der Waals surface area contributed by atoms with Gasteiger partial charge in [0, 0.05) is 5.56 Å². The summed E-state index contributed by atoms with van der Waals surface area (Å²) in [6, 6.07) is 8.21. The minimum Gasteiger partial charge on any atom is -1.00 e. The fraction of sp³-hybridized carbons (Fsp3) is 0.375. The maximum absolute atomic E-state index is 4.00. The highest BCUT2D eigenvalue weighted by Crippen LogP contribution is 2.10. The fourth-order valence-electron chi connectivity index (χ4n) is 1.70. The zero-order valence-electron chi connectivity index (χ0n) is 11.2. The Hall–Kier alpha value is -1.05. The van der Waals surface area contributed by atoms with Crippen LogP contribution in [0.3, 0.4) is 0 Å². The topological polar surface area (TPSA) is 27.6 Å². The Kier molecular flexibility index (Phi) is 10.4. The number of hydrogen-bond acceptors (Lipinski definition) is 0. The van der Waals surface area contributed by atoms with E-state index in [9.17, 15) is 0 Å². The van der Waals surface area contributed by atoms with Crippen molar-refractivity contribution in [3.8, 4) is 0 Å². The number of hydrogen-bond donors (Lipinski definition) is 1. The van der Waals surface area contributed by atoms with Gasteiger partial charge >= 0.3 is 0 Å². The van der Waals surface area contributed by atoms with Crippen molar-refractivity contribution in [3.05, 3.63) is 48.1 Å². The number of allylic oxidation sites excluding steroid dienone is 3. The largest absolute Gasteiger partial charge is 1.00 e. The summed E-state index contributed by atoms with van der Waals surface area (Å²) in [6.07, 6.45) is 15.1. The van der Waals surface area contributed by atoms with Gasteiger partial charge in [-0.15, -0.1) is 0 Å². The molecule has 1 aromatic carbocycles. The van der Waals surface area contributed by atoms with Crippen molar-refractivity contribution in [2.45, 2.75) is 39.0 Å². The third kappa shape index (κ3) is 7.31. The van der Waals surface area contributed by atoms with Crippen LogP contribution in [0.5, 0.6) is 0 Å². The van der Waals surface area contributed by atoms with Crippen molar-refractivity contribution in [3.63, 3.8) is 0 Å². The molecule has 1 nitrogen and oxygen atoms in total. The zero-order valence-corrected chi connectivity index (χ0v) is 12.0. The van der Waals surface area contributed by atoms with Crippen LogP contribution in [0.1, 0.15) is 44.6 Å². The molecule has 0 atom stereocenters. The van der Waals surface area contributed by atoms with Gasteiger partial charge in [-0.1, -0.05) is 56.2 Å².